The van der Waals surface area contributed by atoms with Gasteiger partial charge in [0, 0.05) is 23.1 Å². The molecule has 54 valence electrons. The van der Waals surface area contributed by atoms with Gasteiger partial charge in [-0.05, 0) is 22.0 Å². The second-order valence-corrected chi connectivity index (χ2v) is 4.09. The molecule has 0 spiro atoms. The maximum atomic E-state index is 10.8. The van der Waals surface area contributed by atoms with Gasteiger partial charge >= 0.3 is 0 Å². The van der Waals surface area contributed by atoms with Gasteiger partial charge < -0.3 is 0 Å². The Hall–Kier alpha value is -0.220. The summed E-state index contributed by atoms with van der Waals surface area (Å²) in [5.41, 5.74) is 0. The molecule has 1 unspecified atom stereocenters. The molecule has 10 heavy (non-hydrogen) atoms. The lowest BCUT2D eigenvalue weighted by molar-refractivity contribution is 0.686. The summed E-state index contributed by atoms with van der Waals surface area (Å²) < 4.78 is 11.7. The standard InChI is InChI=1S/C6H6BrNOS/c1-10(9)6-2-5(7)3-8-4-6/h2-4H,1H3. The van der Waals surface area contributed by atoms with Crippen LogP contribution < -0.4 is 0 Å². The zero-order chi connectivity index (χ0) is 7.56. The quantitative estimate of drug-likeness (QED) is 0.719. The summed E-state index contributed by atoms with van der Waals surface area (Å²) in [6.07, 6.45) is 4.89. The molecule has 0 N–H and O–H groups in total. The number of halogens is 1. The van der Waals surface area contributed by atoms with Crippen LogP contribution in [0.2, 0.25) is 0 Å². The maximum absolute atomic E-state index is 10.8. The fraction of sp³-hybridized carbons (Fsp3) is 0.167. The van der Waals surface area contributed by atoms with Crippen molar-refractivity contribution in [2.24, 2.45) is 0 Å². The molecule has 0 aliphatic heterocycles. The van der Waals surface area contributed by atoms with Crippen LogP contribution in [0, 0.1) is 0 Å². The Labute approximate surface area is 70.3 Å². The molecule has 0 amide bonds. The Morgan fingerprint density at radius 3 is 2.70 bits per heavy atom. The van der Waals surface area contributed by atoms with Gasteiger partial charge in [0.2, 0.25) is 0 Å². The van der Waals surface area contributed by atoms with Gasteiger partial charge in [-0.25, -0.2) is 0 Å². The van der Waals surface area contributed by atoms with E-state index in [4.69, 9.17) is 0 Å². The number of hydrogen-bond acceptors (Lipinski definition) is 2. The van der Waals surface area contributed by atoms with Crippen molar-refractivity contribution in [2.75, 3.05) is 6.26 Å². The van der Waals surface area contributed by atoms with E-state index < -0.39 is 10.8 Å². The van der Waals surface area contributed by atoms with Crippen LogP contribution >= 0.6 is 15.9 Å². The molecular weight excluding hydrogens is 214 g/mol. The van der Waals surface area contributed by atoms with Crippen LogP contribution in [0.1, 0.15) is 0 Å². The van der Waals surface area contributed by atoms with Crippen molar-refractivity contribution >= 4 is 26.7 Å². The van der Waals surface area contributed by atoms with Crippen molar-refractivity contribution in [3.05, 3.63) is 22.9 Å². The summed E-state index contributed by atoms with van der Waals surface area (Å²) in [4.78, 5) is 4.61. The molecule has 0 saturated carbocycles. The summed E-state index contributed by atoms with van der Waals surface area (Å²) >= 11 is 3.23. The Bertz CT molecular complexity index is 264. The van der Waals surface area contributed by atoms with Crippen LogP contribution in [0.25, 0.3) is 0 Å². The highest BCUT2D eigenvalue weighted by Gasteiger charge is 1.96. The maximum Gasteiger partial charge on any atom is 0.0579 e. The predicted octanol–water partition coefficient (Wildman–Crippen LogP) is 1.58. The highest BCUT2D eigenvalue weighted by atomic mass is 79.9. The molecule has 0 fully saturated rings. The topological polar surface area (TPSA) is 30.0 Å². The first-order valence-corrected chi connectivity index (χ1v) is 4.99. The molecule has 0 aliphatic rings. The molecule has 1 heterocycles. The van der Waals surface area contributed by atoms with E-state index in [0.717, 1.165) is 9.37 Å². The SMILES string of the molecule is CS(=O)c1cncc(Br)c1. The Morgan fingerprint density at radius 1 is 1.60 bits per heavy atom. The lowest BCUT2D eigenvalue weighted by Crippen LogP contribution is -1.87. The molecule has 1 aromatic heterocycles. The smallest absolute Gasteiger partial charge is 0.0579 e. The van der Waals surface area contributed by atoms with Gasteiger partial charge in [0.1, 0.15) is 0 Å². The average molecular weight is 220 g/mol. The van der Waals surface area contributed by atoms with Crippen molar-refractivity contribution in [1.82, 2.24) is 4.98 Å². The van der Waals surface area contributed by atoms with E-state index in [9.17, 15) is 4.21 Å². The molecule has 0 saturated heterocycles. The van der Waals surface area contributed by atoms with Gasteiger partial charge in [0.25, 0.3) is 0 Å². The van der Waals surface area contributed by atoms with Crippen molar-refractivity contribution in [2.45, 2.75) is 4.90 Å². The number of hydrogen-bond donors (Lipinski definition) is 0. The van der Waals surface area contributed by atoms with Gasteiger partial charge in [-0.2, -0.15) is 0 Å². The minimum absolute atomic E-state index is 0.745. The fourth-order valence-corrected chi connectivity index (χ4v) is 1.57. The molecule has 0 aromatic carbocycles. The van der Waals surface area contributed by atoms with Gasteiger partial charge in [-0.1, -0.05) is 0 Å². The zero-order valence-electron chi connectivity index (χ0n) is 5.37. The lowest BCUT2D eigenvalue weighted by Gasteiger charge is -1.93. The molecule has 1 atom stereocenters. The molecular formula is C6H6BrNOS. The van der Waals surface area contributed by atoms with Crippen LogP contribution in [0.4, 0.5) is 0 Å². The third-order valence-electron chi connectivity index (χ3n) is 1.01. The molecule has 1 rings (SSSR count). The summed E-state index contributed by atoms with van der Waals surface area (Å²) in [5.74, 6) is 0. The number of aromatic nitrogens is 1. The van der Waals surface area contributed by atoms with Crippen LogP contribution in [0.5, 0.6) is 0 Å². The zero-order valence-corrected chi connectivity index (χ0v) is 7.78. The molecule has 0 aliphatic carbocycles. The minimum atomic E-state index is -0.932. The summed E-state index contributed by atoms with van der Waals surface area (Å²) in [5, 5.41) is 0. The van der Waals surface area contributed by atoms with Gasteiger partial charge in [-0.15, -0.1) is 0 Å². The summed E-state index contributed by atoms with van der Waals surface area (Å²) in [6, 6.07) is 1.79. The third-order valence-corrected chi connectivity index (χ3v) is 2.33. The van der Waals surface area contributed by atoms with Gasteiger partial charge in [0.15, 0.2) is 0 Å². The van der Waals surface area contributed by atoms with Gasteiger partial charge in [0.05, 0.1) is 15.7 Å². The number of pyridine rings is 1. The third kappa shape index (κ3) is 1.88. The Balaban J connectivity index is 3.07. The highest BCUT2D eigenvalue weighted by Crippen LogP contribution is 2.11. The minimum Gasteiger partial charge on any atom is -0.262 e. The Morgan fingerprint density at radius 2 is 2.30 bits per heavy atom. The van der Waals surface area contributed by atoms with Crippen molar-refractivity contribution in [3.63, 3.8) is 0 Å². The summed E-state index contributed by atoms with van der Waals surface area (Å²) in [7, 11) is -0.932. The van der Waals surface area contributed by atoms with Crippen molar-refractivity contribution in [1.29, 1.82) is 0 Å². The number of rotatable bonds is 1. The molecule has 4 heteroatoms. The van der Waals surface area contributed by atoms with E-state index in [-0.39, 0.29) is 0 Å². The first-order chi connectivity index (χ1) is 4.70. The molecule has 2 nitrogen and oxygen atoms in total. The van der Waals surface area contributed by atoms with Crippen LogP contribution in [-0.2, 0) is 10.8 Å². The average Bonchev–Trinajstić information content (AvgIpc) is 1.88. The van der Waals surface area contributed by atoms with Crippen molar-refractivity contribution in [3.8, 4) is 0 Å². The van der Waals surface area contributed by atoms with E-state index in [1.54, 1.807) is 24.7 Å². The second-order valence-electron chi connectivity index (χ2n) is 1.79. The van der Waals surface area contributed by atoms with E-state index >= 15 is 0 Å². The van der Waals surface area contributed by atoms with E-state index in [1.807, 2.05) is 0 Å². The van der Waals surface area contributed by atoms with Crippen LogP contribution in [-0.4, -0.2) is 15.4 Å². The van der Waals surface area contributed by atoms with E-state index in [2.05, 4.69) is 20.9 Å². The molecule has 0 bridgehead atoms. The first-order valence-electron chi connectivity index (χ1n) is 2.64. The van der Waals surface area contributed by atoms with E-state index in [1.165, 1.54) is 0 Å². The summed E-state index contributed by atoms with van der Waals surface area (Å²) in [6.45, 7) is 0. The van der Waals surface area contributed by atoms with Crippen molar-refractivity contribution < 1.29 is 4.21 Å². The highest BCUT2D eigenvalue weighted by molar-refractivity contribution is 9.10. The largest absolute Gasteiger partial charge is 0.262 e. The predicted molar refractivity (Wildman–Crippen MR) is 44.3 cm³/mol. The lowest BCUT2D eigenvalue weighted by atomic mass is 10.5. The monoisotopic (exact) mass is 219 g/mol. The van der Waals surface area contributed by atoms with Crippen LogP contribution in [0.15, 0.2) is 27.8 Å². The van der Waals surface area contributed by atoms with Gasteiger partial charge in [-0.3, -0.25) is 9.19 Å². The Kier molecular flexibility index (Phi) is 2.56. The normalized spacial score (nSPS) is 13.0. The molecule has 1 aromatic rings. The fourth-order valence-electron chi connectivity index (χ4n) is 0.550. The second kappa shape index (κ2) is 3.25. The number of nitrogens with zero attached hydrogens (tertiary/aromatic N) is 1. The first kappa shape index (κ1) is 7.88. The van der Waals surface area contributed by atoms with E-state index in [0.29, 0.717) is 0 Å². The van der Waals surface area contributed by atoms with Crippen LogP contribution in [0.3, 0.4) is 0 Å². The molecule has 0 radical (unpaired) electrons.